The largest absolute Gasteiger partial charge is 0.481 e. The van der Waals surface area contributed by atoms with Crippen LogP contribution in [0.1, 0.15) is 174 Å². The van der Waals surface area contributed by atoms with Gasteiger partial charge in [-0.05, 0) is 266 Å². The lowest BCUT2D eigenvalue weighted by molar-refractivity contribution is -0.143. The SMILES string of the molecule is CC(=O)CC1(CSc2cc(C(=O)Nc3ccc(F)c(Cl)c3)ccc2F)CC1.O=C(Nc1cc(F)c(F)c(F)c1)c1ccc(F)c(SC2CCC(C(=O)O)CC2)c1.O=C(Nc1ccc(F)c(Cl)c1)c1ccc(F)c(SC2CCC(C(=O)O)C2)c1.O=C(Nc1ccc(F)c(Cl)c1)c1ccc(F)c(SC2CCCCCC2)c1.O=C(Nc1ccc(F)c(Cl)c1)c1ccc(F)c(SCC2CCOCC2)c1. The molecule has 2 atom stereocenters. The Morgan fingerprint density at radius 2 is 0.659 bits per heavy atom. The zero-order chi connectivity index (χ0) is 97.3. The highest BCUT2D eigenvalue weighted by Gasteiger charge is 2.43. The van der Waals surface area contributed by atoms with Crippen molar-refractivity contribution in [3.05, 3.63) is 294 Å². The van der Waals surface area contributed by atoms with Crippen molar-refractivity contribution in [3.8, 4) is 0 Å². The van der Waals surface area contributed by atoms with E-state index in [1.807, 2.05) is 0 Å². The number of rotatable bonds is 26. The third-order valence-electron chi connectivity index (χ3n) is 22.3. The fourth-order valence-electron chi connectivity index (χ4n) is 14.7. The van der Waals surface area contributed by atoms with E-state index in [9.17, 15) is 91.0 Å². The van der Waals surface area contributed by atoms with Crippen LogP contribution >= 0.6 is 105 Å². The van der Waals surface area contributed by atoms with E-state index in [1.54, 1.807) is 19.1 Å². The Morgan fingerprint density at radius 3 is 1.00 bits per heavy atom. The van der Waals surface area contributed by atoms with Gasteiger partial charge in [0.15, 0.2) is 17.5 Å². The number of halogens is 16. The molecule has 16 nitrogen and oxygen atoms in total. The average molecular weight is 2040 g/mol. The van der Waals surface area contributed by atoms with Crippen molar-refractivity contribution in [3.63, 3.8) is 0 Å². The van der Waals surface area contributed by atoms with E-state index in [4.69, 9.17) is 61.4 Å². The van der Waals surface area contributed by atoms with Crippen molar-refractivity contribution in [2.45, 2.75) is 163 Å². The van der Waals surface area contributed by atoms with Crippen LogP contribution in [0.4, 0.5) is 81.1 Å². The van der Waals surface area contributed by atoms with E-state index >= 15 is 0 Å². The van der Waals surface area contributed by atoms with Gasteiger partial charge in [0.2, 0.25) is 0 Å². The van der Waals surface area contributed by atoms with Crippen LogP contribution in [0.2, 0.25) is 20.1 Å². The summed E-state index contributed by atoms with van der Waals surface area (Å²) < 4.78 is 168. The van der Waals surface area contributed by atoms with E-state index in [-0.39, 0.29) is 92.5 Å². The number of benzene rings is 10. The van der Waals surface area contributed by atoms with E-state index in [2.05, 4.69) is 26.6 Å². The number of thioether (sulfide) groups is 5. The summed E-state index contributed by atoms with van der Waals surface area (Å²) in [6, 6.07) is 37.3. The minimum Gasteiger partial charge on any atom is -0.481 e. The second-order valence-electron chi connectivity index (χ2n) is 32.5. The summed E-state index contributed by atoms with van der Waals surface area (Å²) >= 11 is 29.6. The summed E-state index contributed by atoms with van der Waals surface area (Å²) in [6.07, 6.45) is 15.3. The van der Waals surface area contributed by atoms with Crippen LogP contribution in [0, 0.1) is 93.0 Å². The smallest absolute Gasteiger partial charge is 0.306 e. The molecule has 4 saturated carbocycles. The molecular formula is C98H89Cl4F12N5O11S5. The maximum absolute atomic E-state index is 14.2. The number of carboxylic acid groups (broad SMARTS) is 2. The van der Waals surface area contributed by atoms with Crippen molar-refractivity contribution in [1.29, 1.82) is 0 Å². The maximum atomic E-state index is 14.2. The molecule has 5 aliphatic rings. The first-order valence-corrected chi connectivity index (χ1v) is 48.8. The standard InChI is InChI=1S/C20H18ClF2NO2S.C20H20ClF2NOS.C20H17F4NO3S.C19H16ClF2NO3S.C19H18ClF2NO2S/c1-12(25)10-20(6-7-20)11-27-18-8-13(2-4-17(18)23)19(26)24-14-3-5-16(22)15(21)9-14;21-16-12-14(8-10-17(16)22)24-20(25)13-7-9-18(23)19(11-13)26-15-5-3-1-2-4-6-15;21-14-6-3-11(19(26)25-12-8-15(22)18(24)16(23)9-12)7-17(14)29-13-4-1-10(2-5-13)20(27)28;20-14-9-12(3-6-15(14)21)23-18(24)10-2-5-16(22)17(8-10)27-13-4-1-11(7-13)19(25)26;20-15-10-14(2-4-16(15)21)23-19(24)13-1-3-17(22)18(9-13)26-11-12-5-7-25-8-6-12/h2-5,8-9H,6-7,10-11H2,1H3,(H,24,26);7-12,15H,1-6H2,(H,24,25);3,6-10,13H,1-2,4-5H2,(H,25,26)(H,27,28);2-3,5-6,8-9,11,13H,1,4,7H2,(H,23,24)(H,25,26);1-4,9-10,12H,5-8,11H2,(H,23,24). The lowest BCUT2D eigenvalue weighted by Crippen LogP contribution is -2.22. The topological polar surface area (TPSA) is 246 Å². The second-order valence-corrected chi connectivity index (χ2v) is 40.3. The normalized spacial score (nSPS) is 16.7. The third kappa shape index (κ3) is 32.1. The number of amides is 5. The quantitative estimate of drug-likeness (QED) is 0.0115. The molecule has 1 heterocycles. The second kappa shape index (κ2) is 50.5. The van der Waals surface area contributed by atoms with Crippen LogP contribution in [0.5, 0.6) is 0 Å². The molecule has 5 fully saturated rings. The van der Waals surface area contributed by atoms with Gasteiger partial charge in [-0.3, -0.25) is 33.6 Å². The highest BCUT2D eigenvalue weighted by molar-refractivity contribution is 8.00. The van der Waals surface area contributed by atoms with Crippen LogP contribution in [0.25, 0.3) is 0 Å². The first-order chi connectivity index (χ1) is 64.4. The maximum Gasteiger partial charge on any atom is 0.306 e. The first-order valence-electron chi connectivity index (χ1n) is 42.7. The first kappa shape index (κ1) is 106. The van der Waals surface area contributed by atoms with Gasteiger partial charge in [-0.25, -0.2) is 52.7 Å². The summed E-state index contributed by atoms with van der Waals surface area (Å²) in [6.45, 7) is 3.06. The van der Waals surface area contributed by atoms with Crippen LogP contribution in [-0.4, -0.2) is 97.9 Å². The third-order valence-corrected chi connectivity index (χ3v) is 30.2. The Balaban J connectivity index is 0.000000162. The number of carbonyl (C=O) groups is 8. The number of nitrogens with one attached hydrogen (secondary N) is 5. The number of carboxylic acids is 2. The number of Topliss-reactive ketones (excluding diaryl/α,β-unsaturated/α-hetero) is 1. The van der Waals surface area contributed by atoms with Gasteiger partial charge in [0.1, 0.15) is 58.1 Å². The predicted octanol–water partition coefficient (Wildman–Crippen LogP) is 28.2. The Kier molecular flexibility index (Phi) is 39.5. The van der Waals surface area contributed by atoms with Gasteiger partial charge in [-0.15, -0.1) is 58.8 Å². The number of ketones is 1. The van der Waals surface area contributed by atoms with E-state index < -0.39 is 99.7 Å². The molecule has 4 aliphatic carbocycles. The van der Waals surface area contributed by atoms with Gasteiger partial charge < -0.3 is 46.3 Å². The van der Waals surface area contributed by atoms with Crippen molar-refractivity contribution in [1.82, 2.24) is 0 Å². The van der Waals surface area contributed by atoms with E-state index in [0.717, 1.165) is 75.7 Å². The lowest BCUT2D eigenvalue weighted by atomic mass is 9.89. The van der Waals surface area contributed by atoms with Gasteiger partial charge in [0.25, 0.3) is 29.5 Å². The van der Waals surface area contributed by atoms with Gasteiger partial charge >= 0.3 is 11.9 Å². The molecule has 135 heavy (non-hydrogen) atoms. The van der Waals surface area contributed by atoms with Crippen molar-refractivity contribution < 1.29 is 106 Å². The summed E-state index contributed by atoms with van der Waals surface area (Å²) in [7, 11) is 0. The molecule has 1 saturated heterocycles. The minimum absolute atomic E-state index is 0.00480. The molecule has 0 aromatic heterocycles. The van der Waals surface area contributed by atoms with Crippen LogP contribution < -0.4 is 26.6 Å². The summed E-state index contributed by atoms with van der Waals surface area (Å²) in [5.41, 5.74) is 2.44. The summed E-state index contributed by atoms with van der Waals surface area (Å²) in [4.78, 5) is 97.3. The fraction of sp³-hybridized carbons (Fsp3) is 0.306. The Morgan fingerprint density at radius 1 is 0.348 bits per heavy atom. The number of carbonyl (C=O) groups excluding carboxylic acids is 6. The molecule has 15 rings (SSSR count). The van der Waals surface area contributed by atoms with Gasteiger partial charge in [-0.1, -0.05) is 72.1 Å². The lowest BCUT2D eigenvalue weighted by Gasteiger charge is -2.25. The molecular weight excluding hydrogens is 1950 g/mol. The van der Waals surface area contributed by atoms with E-state index in [0.29, 0.717) is 134 Å². The number of ether oxygens (including phenoxy) is 1. The van der Waals surface area contributed by atoms with Crippen molar-refractivity contribution >= 4 is 181 Å². The number of anilines is 5. The molecule has 10 aromatic rings. The number of hydrogen-bond donors (Lipinski definition) is 7. The monoisotopic (exact) mass is 2040 g/mol. The Labute approximate surface area is 811 Å². The Bertz CT molecular complexity index is 5960. The highest BCUT2D eigenvalue weighted by Crippen LogP contribution is 2.53. The summed E-state index contributed by atoms with van der Waals surface area (Å²) in [5, 5.41) is 31.0. The molecule has 5 amide bonds. The molecule has 714 valence electrons. The van der Waals surface area contributed by atoms with Gasteiger partial charge in [0, 0.05) is 140 Å². The van der Waals surface area contributed by atoms with Gasteiger partial charge in [0.05, 0.1) is 31.9 Å². The average Bonchev–Trinajstić information content (AvgIpc) is 1.65. The summed E-state index contributed by atoms with van der Waals surface area (Å²) in [5.74, 6) is -11.6. The molecule has 0 radical (unpaired) electrons. The van der Waals surface area contributed by atoms with Crippen LogP contribution in [0.3, 0.4) is 0 Å². The highest BCUT2D eigenvalue weighted by atomic mass is 35.5. The van der Waals surface area contributed by atoms with E-state index in [1.165, 1.54) is 218 Å². The minimum atomic E-state index is -1.64. The fourth-order valence-corrected chi connectivity index (χ4v) is 21.7. The molecule has 1 aliphatic heterocycles. The molecule has 7 N–H and O–H groups in total. The molecule has 0 bridgehead atoms. The zero-order valence-electron chi connectivity index (χ0n) is 71.9. The molecule has 2 unspecified atom stereocenters. The zero-order valence-corrected chi connectivity index (χ0v) is 79.0. The van der Waals surface area contributed by atoms with Crippen molar-refractivity contribution in [2.75, 3.05) is 51.3 Å². The predicted molar refractivity (Wildman–Crippen MR) is 507 cm³/mol. The van der Waals surface area contributed by atoms with Crippen LogP contribution in [-0.2, 0) is 19.1 Å². The van der Waals surface area contributed by atoms with Crippen molar-refractivity contribution in [2.24, 2.45) is 23.2 Å². The Hall–Kier alpha value is -9.81. The molecule has 37 heteroatoms. The van der Waals surface area contributed by atoms with Gasteiger partial charge in [-0.2, -0.15) is 0 Å². The van der Waals surface area contributed by atoms with Crippen LogP contribution in [0.15, 0.2) is 200 Å². The molecule has 10 aromatic carbocycles. The number of aliphatic carboxylic acids is 2. The number of hydrogen-bond acceptors (Lipinski definition) is 14. The molecule has 0 spiro atoms.